The monoisotopic (exact) mass is 381 g/mol. The molecule has 1 amide bonds. The highest BCUT2D eigenvalue weighted by Crippen LogP contribution is 2.43. The zero-order chi connectivity index (χ0) is 19.1. The molecule has 1 heterocycles. The van der Waals surface area contributed by atoms with Crippen LogP contribution in [-0.4, -0.2) is 21.6 Å². The molecule has 3 rings (SSSR count). The van der Waals surface area contributed by atoms with Crippen LogP contribution in [0, 0.1) is 6.92 Å². The van der Waals surface area contributed by atoms with Crippen LogP contribution in [0.15, 0.2) is 60.1 Å². The summed E-state index contributed by atoms with van der Waals surface area (Å²) in [5.74, 6) is -0.900. The van der Waals surface area contributed by atoms with Gasteiger partial charge in [-0.2, -0.15) is 13.2 Å². The summed E-state index contributed by atoms with van der Waals surface area (Å²) in [5, 5.41) is 0.371. The summed E-state index contributed by atoms with van der Waals surface area (Å²) in [5.41, 5.74) is 4.07. The number of benzene rings is 1. The molecule has 0 radical (unpaired) electrons. The number of aromatic nitrogens is 2. The molecular formula is C18H15ClF3N3O. The van der Waals surface area contributed by atoms with Gasteiger partial charge in [0.15, 0.2) is 0 Å². The molecule has 136 valence electrons. The van der Waals surface area contributed by atoms with Gasteiger partial charge in [-0.05, 0) is 36.8 Å². The molecule has 1 aliphatic rings. The number of imidazole rings is 1. The maximum atomic E-state index is 13.5. The van der Waals surface area contributed by atoms with Gasteiger partial charge in [-0.3, -0.25) is 4.79 Å². The lowest BCUT2D eigenvalue weighted by Crippen LogP contribution is -2.38. The van der Waals surface area contributed by atoms with Crippen LogP contribution in [0.4, 0.5) is 13.2 Å². The quantitative estimate of drug-likeness (QED) is 0.876. The van der Waals surface area contributed by atoms with E-state index in [2.05, 4.69) is 4.98 Å². The molecule has 2 aromatic rings. The summed E-state index contributed by atoms with van der Waals surface area (Å²) in [4.78, 5) is 15.9. The fourth-order valence-electron chi connectivity index (χ4n) is 3.10. The average Bonchev–Trinajstić information content (AvgIpc) is 3.00. The lowest BCUT2D eigenvalue weighted by Gasteiger charge is -2.37. The zero-order valence-corrected chi connectivity index (χ0v) is 14.5. The number of hydrogen-bond donors (Lipinski definition) is 1. The predicted molar refractivity (Wildman–Crippen MR) is 91.5 cm³/mol. The topological polar surface area (TPSA) is 60.9 Å². The van der Waals surface area contributed by atoms with E-state index in [-0.39, 0.29) is 12.0 Å². The Labute approximate surface area is 152 Å². The first kappa shape index (κ1) is 18.3. The van der Waals surface area contributed by atoms with Crippen LogP contribution in [-0.2, 0) is 10.3 Å². The molecule has 4 nitrogen and oxygen atoms in total. The minimum Gasteiger partial charge on any atom is -0.366 e. The van der Waals surface area contributed by atoms with E-state index in [0.29, 0.717) is 16.3 Å². The van der Waals surface area contributed by atoms with E-state index in [4.69, 9.17) is 17.3 Å². The first-order chi connectivity index (χ1) is 12.1. The number of alkyl halides is 3. The Kier molecular flexibility index (Phi) is 4.44. The second-order valence-corrected chi connectivity index (χ2v) is 6.60. The Hall–Kier alpha value is -2.54. The van der Waals surface area contributed by atoms with Gasteiger partial charge >= 0.3 is 6.18 Å². The molecule has 0 fully saturated rings. The Bertz CT molecular complexity index is 930. The average molecular weight is 382 g/mol. The van der Waals surface area contributed by atoms with Crippen molar-refractivity contribution in [3.05, 3.63) is 76.4 Å². The second-order valence-electron chi connectivity index (χ2n) is 6.16. The number of amides is 1. The molecule has 26 heavy (non-hydrogen) atoms. The fraction of sp³-hybridized carbons (Fsp3) is 0.222. The summed E-state index contributed by atoms with van der Waals surface area (Å²) in [6, 6.07) is 6.51. The van der Waals surface area contributed by atoms with Gasteiger partial charge in [0.05, 0.1) is 23.1 Å². The summed E-state index contributed by atoms with van der Waals surface area (Å²) in [6.07, 6.45) is 0.264. The lowest BCUT2D eigenvalue weighted by molar-refractivity contribution is -0.115. The number of aryl methyl sites for hydroxylation is 1. The van der Waals surface area contributed by atoms with Gasteiger partial charge in [-0.15, -0.1) is 0 Å². The minimum atomic E-state index is -4.64. The molecule has 1 aliphatic carbocycles. The van der Waals surface area contributed by atoms with E-state index < -0.39 is 23.2 Å². The molecule has 2 N–H and O–H groups in total. The SMILES string of the molecule is Cc1cn(C2(c3cccc(Cl)c3)C=C(C(F)(F)F)C=C(C(N)=O)C2)cn1. The van der Waals surface area contributed by atoms with Crippen LogP contribution >= 0.6 is 11.6 Å². The van der Waals surface area contributed by atoms with Crippen LogP contribution in [0.5, 0.6) is 0 Å². The molecule has 1 aromatic carbocycles. The van der Waals surface area contributed by atoms with Gasteiger partial charge in [0.2, 0.25) is 5.91 Å². The number of rotatable bonds is 3. The summed E-state index contributed by atoms with van der Waals surface area (Å²) >= 11 is 6.07. The fourth-order valence-corrected chi connectivity index (χ4v) is 3.29. The van der Waals surface area contributed by atoms with Crippen LogP contribution in [0.1, 0.15) is 17.7 Å². The number of halogens is 4. The molecular weight excluding hydrogens is 367 g/mol. The molecule has 1 unspecified atom stereocenters. The second kappa shape index (κ2) is 6.32. The van der Waals surface area contributed by atoms with Gasteiger partial charge in [0.1, 0.15) is 0 Å². The Morgan fingerprint density at radius 3 is 2.65 bits per heavy atom. The van der Waals surface area contributed by atoms with Crippen molar-refractivity contribution >= 4 is 17.5 Å². The van der Waals surface area contributed by atoms with Crippen molar-refractivity contribution in [3.63, 3.8) is 0 Å². The highest BCUT2D eigenvalue weighted by molar-refractivity contribution is 6.30. The van der Waals surface area contributed by atoms with Crippen molar-refractivity contribution in [1.29, 1.82) is 0 Å². The Morgan fingerprint density at radius 2 is 2.12 bits per heavy atom. The molecule has 0 bridgehead atoms. The lowest BCUT2D eigenvalue weighted by atomic mass is 9.77. The molecule has 0 aliphatic heterocycles. The molecule has 0 saturated heterocycles. The van der Waals surface area contributed by atoms with Crippen LogP contribution < -0.4 is 5.73 Å². The normalized spacial score (nSPS) is 20.5. The Morgan fingerprint density at radius 1 is 1.38 bits per heavy atom. The summed E-state index contributed by atoms with van der Waals surface area (Å²) in [7, 11) is 0. The van der Waals surface area contributed by atoms with E-state index in [1.807, 2.05) is 0 Å². The third-order valence-electron chi connectivity index (χ3n) is 4.32. The van der Waals surface area contributed by atoms with Crippen molar-refractivity contribution in [2.45, 2.75) is 25.1 Å². The van der Waals surface area contributed by atoms with Gasteiger partial charge in [-0.1, -0.05) is 23.7 Å². The first-order valence-electron chi connectivity index (χ1n) is 7.69. The van der Waals surface area contributed by atoms with E-state index in [0.717, 1.165) is 12.2 Å². The zero-order valence-electron chi connectivity index (χ0n) is 13.7. The van der Waals surface area contributed by atoms with Crippen molar-refractivity contribution in [2.24, 2.45) is 5.73 Å². The number of carbonyl (C=O) groups is 1. The van der Waals surface area contributed by atoms with Crippen molar-refractivity contribution in [2.75, 3.05) is 0 Å². The van der Waals surface area contributed by atoms with E-state index in [9.17, 15) is 18.0 Å². The van der Waals surface area contributed by atoms with Gasteiger partial charge in [0.25, 0.3) is 0 Å². The highest BCUT2D eigenvalue weighted by atomic mass is 35.5. The summed E-state index contributed by atoms with van der Waals surface area (Å²) in [6.45, 7) is 1.73. The molecule has 0 spiro atoms. The van der Waals surface area contributed by atoms with Crippen LogP contribution in [0.3, 0.4) is 0 Å². The van der Waals surface area contributed by atoms with Crippen LogP contribution in [0.2, 0.25) is 5.02 Å². The van der Waals surface area contributed by atoms with Crippen molar-refractivity contribution in [1.82, 2.24) is 9.55 Å². The number of nitrogens with two attached hydrogens (primary N) is 1. The summed E-state index contributed by atoms with van der Waals surface area (Å²) < 4.78 is 42.1. The predicted octanol–water partition coefficient (Wildman–Crippen LogP) is 3.89. The third-order valence-corrected chi connectivity index (χ3v) is 4.56. The number of primary amides is 1. The van der Waals surface area contributed by atoms with Gasteiger partial charge < -0.3 is 10.3 Å². The number of hydrogen-bond acceptors (Lipinski definition) is 2. The van der Waals surface area contributed by atoms with Gasteiger partial charge in [-0.25, -0.2) is 4.98 Å². The molecule has 1 aromatic heterocycles. The minimum absolute atomic E-state index is 0.0436. The maximum Gasteiger partial charge on any atom is 0.416 e. The largest absolute Gasteiger partial charge is 0.416 e. The van der Waals surface area contributed by atoms with E-state index >= 15 is 0 Å². The molecule has 8 heteroatoms. The molecule has 1 atom stereocenters. The van der Waals surface area contributed by atoms with Crippen molar-refractivity contribution < 1.29 is 18.0 Å². The molecule has 0 saturated carbocycles. The standard InChI is InChI=1S/C18H15ClF3N3O/c1-11-9-25(10-24-11)17(13-3-2-4-15(19)6-13)7-12(16(23)26)5-14(8-17)18(20,21)22/h2-6,8-10H,7H2,1H3,(H2,23,26). The highest BCUT2D eigenvalue weighted by Gasteiger charge is 2.43. The Balaban J connectivity index is 2.32. The smallest absolute Gasteiger partial charge is 0.366 e. The number of carbonyl (C=O) groups excluding carboxylic acids is 1. The number of nitrogens with zero attached hydrogens (tertiary/aromatic N) is 2. The van der Waals surface area contributed by atoms with Crippen molar-refractivity contribution in [3.8, 4) is 0 Å². The number of allylic oxidation sites excluding steroid dienone is 3. The first-order valence-corrected chi connectivity index (χ1v) is 8.07. The van der Waals surface area contributed by atoms with E-state index in [1.165, 1.54) is 6.33 Å². The third kappa shape index (κ3) is 3.26. The van der Waals surface area contributed by atoms with Gasteiger partial charge in [0, 0.05) is 23.2 Å². The van der Waals surface area contributed by atoms with Crippen LogP contribution in [0.25, 0.3) is 0 Å². The maximum absolute atomic E-state index is 13.5. The van der Waals surface area contributed by atoms with E-state index in [1.54, 1.807) is 42.0 Å².